The summed E-state index contributed by atoms with van der Waals surface area (Å²) in [5.74, 6) is 0.237. The van der Waals surface area contributed by atoms with Crippen LogP contribution in [0.3, 0.4) is 0 Å². The van der Waals surface area contributed by atoms with Gasteiger partial charge in [-0.3, -0.25) is 0 Å². The van der Waals surface area contributed by atoms with Crippen LogP contribution in [0.15, 0.2) is 18.2 Å². The highest BCUT2D eigenvalue weighted by atomic mass is 19.1. The highest BCUT2D eigenvalue weighted by molar-refractivity contribution is 5.24. The van der Waals surface area contributed by atoms with Gasteiger partial charge in [-0.25, -0.2) is 4.39 Å². The van der Waals surface area contributed by atoms with Crippen LogP contribution in [0.5, 0.6) is 0 Å². The highest BCUT2D eigenvalue weighted by Gasteiger charge is 2.13. The molecule has 0 aromatic heterocycles. The van der Waals surface area contributed by atoms with Gasteiger partial charge in [-0.2, -0.15) is 0 Å². The first-order chi connectivity index (χ1) is 8.81. The fourth-order valence-corrected chi connectivity index (χ4v) is 2.25. The molecule has 3 nitrogen and oxygen atoms in total. The lowest BCUT2D eigenvalue weighted by atomic mass is 9.99. The molecule has 0 atom stereocenters. The van der Waals surface area contributed by atoms with Gasteiger partial charge in [0.1, 0.15) is 5.82 Å². The summed E-state index contributed by atoms with van der Waals surface area (Å²) in [7, 11) is 0. The number of hydrogen-bond donors (Lipinski definition) is 2. The van der Waals surface area contributed by atoms with Gasteiger partial charge >= 0.3 is 0 Å². The number of nitrogens with one attached hydrogen (secondary N) is 1. The molecule has 4 heteroatoms. The summed E-state index contributed by atoms with van der Waals surface area (Å²) in [5.41, 5.74) is 0.855. The molecule has 1 aromatic rings. The maximum Gasteiger partial charge on any atom is 0.134 e. The molecule has 1 fully saturated rings. The molecular weight excluding hydrogens is 233 g/mol. The lowest BCUT2D eigenvalue weighted by Crippen LogP contribution is -2.29. The molecule has 0 amide bonds. The first kappa shape index (κ1) is 13.5. The molecule has 0 spiro atoms. The van der Waals surface area contributed by atoms with E-state index in [1.807, 2.05) is 0 Å². The summed E-state index contributed by atoms with van der Waals surface area (Å²) in [6.45, 7) is 2.78. The van der Waals surface area contributed by atoms with Gasteiger partial charge in [0.2, 0.25) is 0 Å². The first-order valence-corrected chi connectivity index (χ1v) is 6.47. The van der Waals surface area contributed by atoms with Crippen molar-refractivity contribution in [3.63, 3.8) is 0 Å². The number of ether oxygens (including phenoxy) is 1. The SMILES string of the molecule is OCc1cccc(COCC2CCNCC2)c1F. The molecule has 1 heterocycles. The average molecular weight is 253 g/mol. The number of piperidine rings is 1. The summed E-state index contributed by atoms with van der Waals surface area (Å²) < 4.78 is 19.4. The minimum absolute atomic E-state index is 0.270. The number of halogens is 1. The molecule has 0 unspecified atom stereocenters. The minimum atomic E-state index is -0.342. The summed E-state index contributed by atoms with van der Waals surface area (Å²) >= 11 is 0. The van der Waals surface area contributed by atoms with E-state index in [9.17, 15) is 4.39 Å². The van der Waals surface area contributed by atoms with Crippen molar-refractivity contribution >= 4 is 0 Å². The molecule has 2 N–H and O–H groups in total. The lowest BCUT2D eigenvalue weighted by Gasteiger charge is -2.22. The van der Waals surface area contributed by atoms with E-state index in [-0.39, 0.29) is 19.0 Å². The molecule has 2 rings (SSSR count). The van der Waals surface area contributed by atoms with Crippen molar-refractivity contribution < 1.29 is 14.2 Å². The van der Waals surface area contributed by atoms with Crippen LogP contribution in [0.1, 0.15) is 24.0 Å². The second-order valence-corrected chi connectivity index (χ2v) is 4.76. The molecule has 100 valence electrons. The zero-order valence-corrected chi connectivity index (χ0v) is 10.5. The molecule has 18 heavy (non-hydrogen) atoms. The van der Waals surface area contributed by atoms with E-state index in [0.29, 0.717) is 23.7 Å². The molecule has 1 saturated heterocycles. The zero-order valence-electron chi connectivity index (χ0n) is 10.5. The Bertz CT molecular complexity index is 378. The topological polar surface area (TPSA) is 41.5 Å². The summed E-state index contributed by atoms with van der Waals surface area (Å²) in [5, 5.41) is 12.3. The van der Waals surface area contributed by atoms with E-state index >= 15 is 0 Å². The zero-order chi connectivity index (χ0) is 12.8. The third-order valence-corrected chi connectivity index (χ3v) is 3.40. The van der Waals surface area contributed by atoms with Gasteiger partial charge in [-0.1, -0.05) is 18.2 Å². The highest BCUT2D eigenvalue weighted by Crippen LogP contribution is 2.16. The minimum Gasteiger partial charge on any atom is -0.392 e. The van der Waals surface area contributed by atoms with Crippen molar-refractivity contribution in [1.82, 2.24) is 5.32 Å². The number of aliphatic hydroxyl groups is 1. The number of rotatable bonds is 5. The molecule has 0 radical (unpaired) electrons. The molecule has 0 aliphatic carbocycles. The van der Waals surface area contributed by atoms with Gasteiger partial charge in [0.25, 0.3) is 0 Å². The van der Waals surface area contributed by atoms with Gasteiger partial charge in [0.05, 0.1) is 13.2 Å². The molecule has 1 aromatic carbocycles. The number of benzene rings is 1. The van der Waals surface area contributed by atoms with Crippen LogP contribution in [-0.4, -0.2) is 24.8 Å². The van der Waals surface area contributed by atoms with Gasteiger partial charge in [0.15, 0.2) is 0 Å². The monoisotopic (exact) mass is 253 g/mol. The Labute approximate surface area is 107 Å². The predicted octanol–water partition coefficient (Wildman–Crippen LogP) is 1.83. The van der Waals surface area contributed by atoms with Crippen molar-refractivity contribution in [2.45, 2.75) is 26.1 Å². The van der Waals surface area contributed by atoms with E-state index in [4.69, 9.17) is 9.84 Å². The van der Waals surface area contributed by atoms with Crippen LogP contribution in [0, 0.1) is 11.7 Å². The predicted molar refractivity (Wildman–Crippen MR) is 67.6 cm³/mol. The maximum absolute atomic E-state index is 13.8. The van der Waals surface area contributed by atoms with Crippen LogP contribution in [0.25, 0.3) is 0 Å². The number of hydrogen-bond acceptors (Lipinski definition) is 3. The van der Waals surface area contributed by atoms with Gasteiger partial charge in [-0.15, -0.1) is 0 Å². The van der Waals surface area contributed by atoms with Crippen LogP contribution in [0.4, 0.5) is 4.39 Å². The Balaban J connectivity index is 1.82. The van der Waals surface area contributed by atoms with Crippen molar-refractivity contribution in [2.24, 2.45) is 5.92 Å². The standard InChI is InChI=1S/C14H20FNO2/c15-14-12(8-17)2-1-3-13(14)10-18-9-11-4-6-16-7-5-11/h1-3,11,16-17H,4-10H2. The Morgan fingerprint density at radius 3 is 2.72 bits per heavy atom. The second-order valence-electron chi connectivity index (χ2n) is 4.76. The lowest BCUT2D eigenvalue weighted by molar-refractivity contribution is 0.0745. The van der Waals surface area contributed by atoms with Crippen molar-refractivity contribution in [3.8, 4) is 0 Å². The van der Waals surface area contributed by atoms with Gasteiger partial charge in [-0.05, 0) is 31.8 Å². The third kappa shape index (κ3) is 3.51. The molecule has 1 aliphatic heterocycles. The Kier molecular flexibility index (Phi) is 5.11. The quantitative estimate of drug-likeness (QED) is 0.841. The Morgan fingerprint density at radius 2 is 2.00 bits per heavy atom. The van der Waals surface area contributed by atoms with Crippen LogP contribution in [0.2, 0.25) is 0 Å². The summed E-state index contributed by atoms with van der Waals surface area (Å²) in [6.07, 6.45) is 2.25. The summed E-state index contributed by atoms with van der Waals surface area (Å²) in [6, 6.07) is 5.04. The second kappa shape index (κ2) is 6.83. The largest absolute Gasteiger partial charge is 0.392 e. The van der Waals surface area contributed by atoms with E-state index < -0.39 is 0 Å². The van der Waals surface area contributed by atoms with Crippen LogP contribution in [-0.2, 0) is 18.0 Å². The Morgan fingerprint density at radius 1 is 1.28 bits per heavy atom. The van der Waals surface area contributed by atoms with E-state index in [1.165, 1.54) is 0 Å². The van der Waals surface area contributed by atoms with Crippen molar-refractivity contribution in [3.05, 3.63) is 35.1 Å². The van der Waals surface area contributed by atoms with Gasteiger partial charge < -0.3 is 15.2 Å². The fourth-order valence-electron chi connectivity index (χ4n) is 2.25. The third-order valence-electron chi connectivity index (χ3n) is 3.40. The molecular formula is C14H20FNO2. The van der Waals surface area contributed by atoms with Crippen LogP contribution >= 0.6 is 0 Å². The van der Waals surface area contributed by atoms with E-state index in [2.05, 4.69) is 5.32 Å². The van der Waals surface area contributed by atoms with Crippen LogP contribution < -0.4 is 5.32 Å². The maximum atomic E-state index is 13.8. The molecule has 1 aliphatic rings. The van der Waals surface area contributed by atoms with Gasteiger partial charge in [0, 0.05) is 17.7 Å². The Hall–Kier alpha value is -0.970. The number of aliphatic hydroxyl groups excluding tert-OH is 1. The first-order valence-electron chi connectivity index (χ1n) is 6.47. The van der Waals surface area contributed by atoms with Crippen molar-refractivity contribution in [2.75, 3.05) is 19.7 Å². The normalized spacial score (nSPS) is 17.0. The molecule has 0 saturated carbocycles. The molecule has 0 bridgehead atoms. The van der Waals surface area contributed by atoms with E-state index in [0.717, 1.165) is 25.9 Å². The summed E-state index contributed by atoms with van der Waals surface area (Å²) in [4.78, 5) is 0. The van der Waals surface area contributed by atoms with E-state index in [1.54, 1.807) is 18.2 Å². The fraction of sp³-hybridized carbons (Fsp3) is 0.571. The smallest absolute Gasteiger partial charge is 0.134 e. The average Bonchev–Trinajstić information content (AvgIpc) is 2.42. The van der Waals surface area contributed by atoms with Crippen molar-refractivity contribution in [1.29, 1.82) is 0 Å².